The van der Waals surface area contributed by atoms with Crippen LogP contribution in [0.4, 0.5) is 0 Å². The van der Waals surface area contributed by atoms with Gasteiger partial charge in [-0.2, -0.15) is 0 Å². The molecule has 3 saturated heterocycles. The van der Waals surface area contributed by atoms with Crippen LogP contribution in [0.15, 0.2) is 11.6 Å². The molecule has 3 aliphatic heterocycles. The van der Waals surface area contributed by atoms with Crippen molar-refractivity contribution in [3.63, 3.8) is 0 Å². The summed E-state index contributed by atoms with van der Waals surface area (Å²) in [6.45, 7) is 12.8. The van der Waals surface area contributed by atoms with E-state index in [1.165, 1.54) is 38.5 Å². The highest BCUT2D eigenvalue weighted by atomic mass is 16.6. The summed E-state index contributed by atoms with van der Waals surface area (Å²) in [4.78, 5) is 14.4. The second-order valence-corrected chi connectivity index (χ2v) is 20.9. The minimum absolute atomic E-state index is 0.0510. The molecule has 0 radical (unpaired) electrons. The van der Waals surface area contributed by atoms with Gasteiger partial charge in [0.2, 0.25) is 0 Å². The number of aliphatic hydroxyl groups excluding tert-OH is 1. The van der Waals surface area contributed by atoms with Gasteiger partial charge in [0.25, 0.3) is 0 Å². The fourth-order valence-electron chi connectivity index (χ4n) is 14.5. The number of aliphatic hydroxyl groups is 3. The zero-order valence-corrected chi connectivity index (χ0v) is 33.2. The van der Waals surface area contributed by atoms with Crippen LogP contribution in [0.2, 0.25) is 0 Å². The molecule has 0 aromatic heterocycles. The Labute approximate surface area is 313 Å². The van der Waals surface area contributed by atoms with Crippen LogP contribution in [0.3, 0.4) is 0 Å². The molecule has 2 unspecified atom stereocenters. The Morgan fingerprint density at radius 2 is 1.75 bits per heavy atom. The molecular weight excluding hydrogens is 652 g/mol. The zero-order valence-electron chi connectivity index (χ0n) is 33.2. The van der Waals surface area contributed by atoms with Gasteiger partial charge in [0.05, 0.1) is 23.9 Å². The van der Waals surface area contributed by atoms with Gasteiger partial charge in [0, 0.05) is 24.4 Å². The molecule has 7 fully saturated rings. The van der Waals surface area contributed by atoms with Crippen LogP contribution >= 0.6 is 0 Å². The van der Waals surface area contributed by atoms with Crippen LogP contribution in [0.1, 0.15) is 150 Å². The van der Waals surface area contributed by atoms with Gasteiger partial charge >= 0.3 is 0 Å². The summed E-state index contributed by atoms with van der Waals surface area (Å²) >= 11 is 0. The van der Waals surface area contributed by atoms with Crippen molar-refractivity contribution in [1.82, 2.24) is 0 Å². The third kappa shape index (κ3) is 5.71. The quantitative estimate of drug-likeness (QED) is 0.207. The van der Waals surface area contributed by atoms with Crippen LogP contribution in [-0.4, -0.2) is 75.5 Å². The molecule has 8 nitrogen and oxygen atoms in total. The maximum atomic E-state index is 14.4. The van der Waals surface area contributed by atoms with Crippen LogP contribution in [0, 0.1) is 51.8 Å². The SMILES string of the molecule is C[C@H]1CCO[C@@]([C@@H]2O[C@@H]2[C@](C)(O)C(C)(C)CCC2CC[NH2+]C(N)C2)([C@@H]2CC[C@]3(O)C4=CC(=O)[C@H]5C[C@@H](O)CC[C@]5(C5CCCCC5)[C@@H]4CC[C@]23C)C1. The molecule has 8 rings (SSSR count). The molecule has 4 saturated carbocycles. The number of hydrogen-bond donors (Lipinski definition) is 5. The third-order valence-corrected chi connectivity index (χ3v) is 18.0. The molecule has 14 atom stereocenters. The number of ether oxygens (including phenoxy) is 2. The van der Waals surface area contributed by atoms with Crippen molar-refractivity contribution in [2.45, 2.75) is 191 Å². The Morgan fingerprint density at radius 3 is 2.48 bits per heavy atom. The molecule has 0 amide bonds. The molecule has 0 aromatic carbocycles. The van der Waals surface area contributed by atoms with Gasteiger partial charge in [-0.25, -0.2) is 0 Å². The van der Waals surface area contributed by atoms with Crippen molar-refractivity contribution >= 4 is 5.78 Å². The fraction of sp³-hybridized carbons (Fsp3) is 0.932. The second kappa shape index (κ2) is 13.4. The first-order chi connectivity index (χ1) is 24.6. The summed E-state index contributed by atoms with van der Waals surface area (Å²) in [6.07, 6.45) is 18.8. The summed E-state index contributed by atoms with van der Waals surface area (Å²) < 4.78 is 13.9. The number of rotatable bonds is 8. The maximum Gasteiger partial charge on any atom is 0.159 e. The van der Waals surface area contributed by atoms with E-state index in [0.717, 1.165) is 76.3 Å². The van der Waals surface area contributed by atoms with Gasteiger partial charge in [-0.3, -0.25) is 10.5 Å². The van der Waals surface area contributed by atoms with E-state index in [1.54, 1.807) is 0 Å². The molecule has 7 N–H and O–H groups in total. The van der Waals surface area contributed by atoms with Crippen LogP contribution in [-0.2, 0) is 14.3 Å². The highest BCUT2D eigenvalue weighted by Gasteiger charge is 2.75. The number of piperidine rings is 1. The standard InChI is InChI=1S/C44H72N2O6/c1-27-16-22-51-43(26-27,38-37(52-38)41(5,49)39(2,3)17-11-28-15-21-46-36(45)23-28)35-14-20-44(50)32-25-34(48)33-24-30(47)12-19-42(33,29-9-7-6-8-10-29)31(32)13-18-40(35,44)4/h25,27-31,33,35-38,46-47,49-50H,6-24,26,45H2,1-5H3/p+1/t27-,28?,30-,31+,33+,35+,36?,37-,38+,40+,41-,42-,43+,44-/m0/s1. The Hall–Kier alpha value is -0.870. The topological polar surface area (TPSA) is 142 Å². The van der Waals surface area contributed by atoms with Crippen LogP contribution < -0.4 is 11.1 Å². The summed E-state index contributed by atoms with van der Waals surface area (Å²) in [5.41, 5.74) is 3.60. The number of fused-ring (bicyclic) bond motifs is 5. The summed E-state index contributed by atoms with van der Waals surface area (Å²) in [5.74, 6) is 1.80. The summed E-state index contributed by atoms with van der Waals surface area (Å²) in [6, 6.07) is 0. The van der Waals surface area contributed by atoms with Gasteiger partial charge < -0.3 is 30.1 Å². The van der Waals surface area contributed by atoms with E-state index in [0.29, 0.717) is 37.2 Å². The van der Waals surface area contributed by atoms with E-state index in [1.807, 2.05) is 13.0 Å². The molecular formula is C44H73N2O6+. The van der Waals surface area contributed by atoms with Crippen molar-refractivity contribution in [3.8, 4) is 0 Å². The van der Waals surface area contributed by atoms with Crippen molar-refractivity contribution in [2.75, 3.05) is 13.2 Å². The van der Waals surface area contributed by atoms with E-state index in [4.69, 9.17) is 15.2 Å². The number of epoxide rings is 1. The molecule has 8 heteroatoms. The van der Waals surface area contributed by atoms with Gasteiger partial charge in [-0.05, 0) is 149 Å². The lowest BCUT2D eigenvalue weighted by Crippen LogP contribution is -2.94. The van der Waals surface area contributed by atoms with Gasteiger partial charge in [0.1, 0.15) is 24.0 Å². The van der Waals surface area contributed by atoms with Crippen molar-refractivity contribution < 1.29 is 34.9 Å². The lowest BCUT2D eigenvalue weighted by atomic mass is 9.41. The Bertz CT molecular complexity index is 1390. The highest BCUT2D eigenvalue weighted by molar-refractivity contribution is 5.95. The molecule has 0 spiro atoms. The summed E-state index contributed by atoms with van der Waals surface area (Å²) in [7, 11) is 0. The molecule has 294 valence electrons. The number of hydrogen-bond acceptors (Lipinski definition) is 7. The van der Waals surface area contributed by atoms with Crippen molar-refractivity contribution in [2.24, 2.45) is 57.5 Å². The lowest BCUT2D eigenvalue weighted by Gasteiger charge is -2.64. The predicted molar refractivity (Wildman–Crippen MR) is 201 cm³/mol. The number of allylic oxidation sites excluding steroid dienone is 1. The minimum Gasteiger partial charge on any atom is -0.393 e. The maximum absolute atomic E-state index is 14.4. The average Bonchev–Trinajstić information content (AvgIpc) is 3.88. The summed E-state index contributed by atoms with van der Waals surface area (Å²) in [5, 5.41) is 38.9. The molecule has 0 bridgehead atoms. The molecule has 0 aromatic rings. The lowest BCUT2D eigenvalue weighted by molar-refractivity contribution is -0.699. The minimum atomic E-state index is -1.08. The largest absolute Gasteiger partial charge is 0.393 e. The zero-order chi connectivity index (χ0) is 36.9. The third-order valence-electron chi connectivity index (χ3n) is 18.0. The highest BCUT2D eigenvalue weighted by Crippen LogP contribution is 2.72. The average molecular weight is 726 g/mol. The monoisotopic (exact) mass is 726 g/mol. The van der Waals surface area contributed by atoms with E-state index in [9.17, 15) is 20.1 Å². The Balaban J connectivity index is 1.09. The predicted octanol–water partition coefficient (Wildman–Crippen LogP) is 5.55. The van der Waals surface area contributed by atoms with Crippen LogP contribution in [0.5, 0.6) is 0 Å². The Morgan fingerprint density at radius 1 is 0.981 bits per heavy atom. The van der Waals surface area contributed by atoms with Gasteiger partial charge in [0.15, 0.2) is 5.78 Å². The van der Waals surface area contributed by atoms with Gasteiger partial charge in [-0.1, -0.05) is 47.0 Å². The second-order valence-electron chi connectivity index (χ2n) is 20.9. The smallest absolute Gasteiger partial charge is 0.159 e. The number of ketones is 1. The first-order valence-corrected chi connectivity index (χ1v) is 21.9. The van der Waals surface area contributed by atoms with E-state index in [2.05, 4.69) is 33.0 Å². The van der Waals surface area contributed by atoms with E-state index >= 15 is 0 Å². The van der Waals surface area contributed by atoms with Crippen LogP contribution in [0.25, 0.3) is 0 Å². The number of carbonyl (C=O) groups is 1. The molecule has 3 heterocycles. The number of quaternary nitrogens is 1. The van der Waals surface area contributed by atoms with E-state index < -0.39 is 28.3 Å². The molecule has 5 aliphatic carbocycles. The van der Waals surface area contributed by atoms with Crippen molar-refractivity contribution in [3.05, 3.63) is 11.6 Å². The number of nitrogens with two attached hydrogens (primary N) is 2. The van der Waals surface area contributed by atoms with Gasteiger partial charge in [-0.15, -0.1) is 0 Å². The fourth-order valence-corrected chi connectivity index (χ4v) is 14.5. The van der Waals surface area contributed by atoms with E-state index in [-0.39, 0.29) is 52.7 Å². The first kappa shape index (κ1) is 38.0. The molecule has 52 heavy (non-hydrogen) atoms. The molecule has 8 aliphatic rings. The Kier molecular flexibility index (Phi) is 9.78. The first-order valence-electron chi connectivity index (χ1n) is 21.9. The van der Waals surface area contributed by atoms with Crippen molar-refractivity contribution in [1.29, 1.82) is 0 Å². The normalized spacial score (nSPS) is 49.7. The number of carbonyl (C=O) groups excluding carboxylic acids is 1.